The lowest BCUT2D eigenvalue weighted by molar-refractivity contribution is -0.0489. The van der Waals surface area contributed by atoms with Crippen LogP contribution in [-0.2, 0) is 4.74 Å². The van der Waals surface area contributed by atoms with Crippen LogP contribution in [0.5, 0.6) is 0 Å². The lowest BCUT2D eigenvalue weighted by Gasteiger charge is -2.36. The molecule has 1 aliphatic heterocycles. The van der Waals surface area contributed by atoms with Gasteiger partial charge in [0.1, 0.15) is 0 Å². The summed E-state index contributed by atoms with van der Waals surface area (Å²) in [5.41, 5.74) is 2.69. The van der Waals surface area contributed by atoms with E-state index < -0.39 is 0 Å². The highest BCUT2D eigenvalue weighted by atomic mass is 16.5. The summed E-state index contributed by atoms with van der Waals surface area (Å²) in [5, 5.41) is 0. The van der Waals surface area contributed by atoms with Crippen LogP contribution in [0.2, 0.25) is 0 Å². The predicted molar refractivity (Wildman–Crippen MR) is 66.1 cm³/mol. The number of morpholine rings is 1. The maximum absolute atomic E-state index is 5.67. The number of nitrogens with zero attached hydrogens (tertiary/aromatic N) is 2. The van der Waals surface area contributed by atoms with Crippen LogP contribution in [0.15, 0.2) is 4.99 Å². The molecular weight excluding hydrogens is 204 g/mol. The molecule has 5 heteroatoms. The fourth-order valence-electron chi connectivity index (χ4n) is 1.93. The number of hydrogen-bond donors (Lipinski definition) is 2. The summed E-state index contributed by atoms with van der Waals surface area (Å²) in [6.45, 7) is 8.82. The molecule has 2 atom stereocenters. The predicted octanol–water partition coefficient (Wildman–Crippen LogP) is 0.715. The van der Waals surface area contributed by atoms with Gasteiger partial charge in [0.05, 0.1) is 12.2 Å². The van der Waals surface area contributed by atoms with Gasteiger partial charge in [0, 0.05) is 19.6 Å². The molecule has 1 saturated heterocycles. The maximum Gasteiger partial charge on any atom is 0.208 e. The van der Waals surface area contributed by atoms with E-state index in [-0.39, 0.29) is 12.2 Å². The van der Waals surface area contributed by atoms with Gasteiger partial charge in [0.2, 0.25) is 5.96 Å². The van der Waals surface area contributed by atoms with Crippen molar-refractivity contribution >= 4 is 5.96 Å². The fraction of sp³-hybridized carbons (Fsp3) is 0.909. The first-order valence-corrected chi connectivity index (χ1v) is 6.08. The molecule has 1 rings (SSSR count). The summed E-state index contributed by atoms with van der Waals surface area (Å²) in [4.78, 5) is 6.64. The van der Waals surface area contributed by atoms with E-state index in [1.54, 1.807) is 0 Å². The molecule has 0 bridgehead atoms. The third-order valence-electron chi connectivity index (χ3n) is 2.62. The highest BCUT2D eigenvalue weighted by Crippen LogP contribution is 2.10. The summed E-state index contributed by atoms with van der Waals surface area (Å²) < 4.78 is 5.67. The van der Waals surface area contributed by atoms with Crippen molar-refractivity contribution in [2.75, 3.05) is 19.6 Å². The Morgan fingerprint density at radius 2 is 2.06 bits per heavy atom. The van der Waals surface area contributed by atoms with Crippen LogP contribution < -0.4 is 11.3 Å². The van der Waals surface area contributed by atoms with Crippen LogP contribution in [0.1, 0.15) is 33.6 Å². The third-order valence-corrected chi connectivity index (χ3v) is 2.62. The Morgan fingerprint density at radius 1 is 1.44 bits per heavy atom. The first kappa shape index (κ1) is 13.3. The minimum atomic E-state index is 0.230. The summed E-state index contributed by atoms with van der Waals surface area (Å²) >= 11 is 0. The number of nitrogens with two attached hydrogens (primary N) is 1. The van der Waals surface area contributed by atoms with Crippen molar-refractivity contribution in [3.05, 3.63) is 0 Å². The minimum Gasteiger partial charge on any atom is -0.372 e. The Labute approximate surface area is 98.0 Å². The van der Waals surface area contributed by atoms with Gasteiger partial charge in [-0.3, -0.25) is 10.4 Å². The van der Waals surface area contributed by atoms with Gasteiger partial charge in [0.15, 0.2) is 0 Å². The van der Waals surface area contributed by atoms with Gasteiger partial charge < -0.3 is 9.64 Å². The molecule has 0 spiro atoms. The van der Waals surface area contributed by atoms with Crippen molar-refractivity contribution in [2.24, 2.45) is 10.8 Å². The summed E-state index contributed by atoms with van der Waals surface area (Å²) in [6, 6.07) is 0. The van der Waals surface area contributed by atoms with Crippen molar-refractivity contribution in [1.29, 1.82) is 0 Å². The largest absolute Gasteiger partial charge is 0.372 e. The number of rotatable bonds is 3. The van der Waals surface area contributed by atoms with Crippen molar-refractivity contribution in [3.63, 3.8) is 0 Å². The Morgan fingerprint density at radius 3 is 2.56 bits per heavy atom. The van der Waals surface area contributed by atoms with Gasteiger partial charge in [-0.05, 0) is 20.3 Å². The van der Waals surface area contributed by atoms with Crippen LogP contribution in [-0.4, -0.2) is 42.7 Å². The minimum absolute atomic E-state index is 0.230. The second-order valence-corrected chi connectivity index (χ2v) is 4.37. The number of nitrogens with one attached hydrogen (secondary N) is 1. The lowest BCUT2D eigenvalue weighted by atomic mass is 10.2. The zero-order valence-electron chi connectivity index (χ0n) is 10.6. The van der Waals surface area contributed by atoms with E-state index in [2.05, 4.69) is 36.1 Å². The molecule has 0 aromatic carbocycles. The zero-order chi connectivity index (χ0) is 12.0. The highest BCUT2D eigenvalue weighted by molar-refractivity contribution is 5.79. The van der Waals surface area contributed by atoms with Gasteiger partial charge in [0.25, 0.3) is 0 Å². The Bertz CT molecular complexity index is 222. The molecular formula is C11H24N4O. The quantitative estimate of drug-likeness (QED) is 0.246. The van der Waals surface area contributed by atoms with Crippen molar-refractivity contribution < 1.29 is 4.74 Å². The summed E-state index contributed by atoms with van der Waals surface area (Å²) in [7, 11) is 0. The molecule has 1 fully saturated rings. The standard InChI is InChI=1S/C11H24N4O/c1-4-5-6-13-11(14-12)15-7-9(2)16-10(3)8-15/h9-10H,4-8,12H2,1-3H3,(H,13,14). The number of aliphatic imine (C=N–C) groups is 1. The highest BCUT2D eigenvalue weighted by Gasteiger charge is 2.24. The van der Waals surface area contributed by atoms with E-state index >= 15 is 0 Å². The van der Waals surface area contributed by atoms with Gasteiger partial charge >= 0.3 is 0 Å². The molecule has 2 unspecified atom stereocenters. The van der Waals surface area contributed by atoms with E-state index in [0.29, 0.717) is 0 Å². The molecule has 1 heterocycles. The van der Waals surface area contributed by atoms with Crippen LogP contribution >= 0.6 is 0 Å². The Kier molecular flexibility index (Phi) is 5.55. The number of unbranched alkanes of at least 4 members (excludes halogenated alkanes) is 1. The number of hydrazine groups is 1. The maximum atomic E-state index is 5.67. The third kappa shape index (κ3) is 3.98. The molecule has 0 aliphatic carbocycles. The molecule has 0 aromatic heterocycles. The van der Waals surface area contributed by atoms with Crippen LogP contribution in [0.4, 0.5) is 0 Å². The van der Waals surface area contributed by atoms with E-state index in [1.165, 1.54) is 0 Å². The number of ether oxygens (including phenoxy) is 1. The van der Waals surface area contributed by atoms with Gasteiger partial charge in [-0.15, -0.1) is 0 Å². The van der Waals surface area contributed by atoms with Gasteiger partial charge in [-0.25, -0.2) is 5.84 Å². The van der Waals surface area contributed by atoms with Gasteiger partial charge in [-0.1, -0.05) is 13.3 Å². The van der Waals surface area contributed by atoms with Crippen molar-refractivity contribution in [3.8, 4) is 0 Å². The van der Waals surface area contributed by atoms with E-state index in [0.717, 1.165) is 38.4 Å². The lowest BCUT2D eigenvalue weighted by Crippen LogP contribution is -2.54. The topological polar surface area (TPSA) is 62.9 Å². The van der Waals surface area contributed by atoms with Crippen molar-refractivity contribution in [2.45, 2.75) is 45.8 Å². The number of guanidine groups is 1. The van der Waals surface area contributed by atoms with Crippen molar-refractivity contribution in [1.82, 2.24) is 10.3 Å². The Balaban J connectivity index is 2.54. The molecule has 3 N–H and O–H groups in total. The van der Waals surface area contributed by atoms with E-state index in [9.17, 15) is 0 Å². The average Bonchev–Trinajstić information content (AvgIpc) is 2.23. The molecule has 16 heavy (non-hydrogen) atoms. The SMILES string of the molecule is CCCCN=C(NN)N1CC(C)OC(C)C1. The molecule has 5 nitrogen and oxygen atoms in total. The van der Waals surface area contributed by atoms with E-state index in [1.807, 2.05) is 0 Å². The van der Waals surface area contributed by atoms with E-state index in [4.69, 9.17) is 10.6 Å². The van der Waals surface area contributed by atoms with Crippen LogP contribution in [0.3, 0.4) is 0 Å². The van der Waals surface area contributed by atoms with Crippen LogP contribution in [0, 0.1) is 0 Å². The first-order valence-electron chi connectivity index (χ1n) is 6.08. The fourth-order valence-corrected chi connectivity index (χ4v) is 1.93. The molecule has 0 radical (unpaired) electrons. The van der Waals surface area contributed by atoms with Gasteiger partial charge in [-0.2, -0.15) is 0 Å². The molecule has 0 amide bonds. The molecule has 0 aromatic rings. The Hall–Kier alpha value is -0.810. The first-order chi connectivity index (χ1) is 7.67. The average molecular weight is 228 g/mol. The monoisotopic (exact) mass is 228 g/mol. The molecule has 0 saturated carbocycles. The zero-order valence-corrected chi connectivity index (χ0v) is 10.6. The smallest absolute Gasteiger partial charge is 0.208 e. The molecule has 94 valence electrons. The molecule has 1 aliphatic rings. The normalized spacial score (nSPS) is 27.0. The number of hydrogen-bond acceptors (Lipinski definition) is 3. The van der Waals surface area contributed by atoms with Crippen LogP contribution in [0.25, 0.3) is 0 Å². The second kappa shape index (κ2) is 6.70. The summed E-state index contributed by atoms with van der Waals surface area (Å²) in [6.07, 6.45) is 2.71. The summed E-state index contributed by atoms with van der Waals surface area (Å²) in [5.74, 6) is 6.30. The second-order valence-electron chi connectivity index (χ2n) is 4.37.